The fraction of sp³-hybridized carbons (Fsp3) is 0. The van der Waals surface area contributed by atoms with E-state index in [0.717, 1.165) is 51.1 Å². The Morgan fingerprint density at radius 1 is 0.235 bits per heavy atom. The van der Waals surface area contributed by atoms with E-state index in [-0.39, 0.29) is 0 Å². The number of anilines is 6. The molecule has 0 aliphatic rings. The summed E-state index contributed by atoms with van der Waals surface area (Å²) in [6, 6.07) is 96.5. The monoisotopic (exact) mass is 868 g/mol. The predicted octanol–water partition coefficient (Wildman–Crippen LogP) is 17.6. The standard InChI is InChI=1S/C64H44N4/c1-5-19-46(20-6-1)65(51-37-40-63-58(43-51)56-29-15-17-31-60(56)67(63)48-23-9-3-10-24-48)50-35-33-45(34-36-50)53-39-42-62(55-28-14-13-27-54(53)55)66(47-21-7-2-8-22-47)52-38-41-64-59(44-52)57-30-16-18-32-61(57)68(64)49-25-11-4-12-26-49/h1-44H. The van der Waals surface area contributed by atoms with Crippen molar-refractivity contribution in [3.05, 3.63) is 267 Å². The third kappa shape index (κ3) is 6.53. The summed E-state index contributed by atoms with van der Waals surface area (Å²) < 4.78 is 4.75. The minimum atomic E-state index is 1.09. The van der Waals surface area contributed by atoms with E-state index in [4.69, 9.17) is 0 Å². The van der Waals surface area contributed by atoms with Gasteiger partial charge in [-0.05, 0) is 132 Å². The van der Waals surface area contributed by atoms with E-state index in [1.807, 2.05) is 0 Å². The Kier molecular flexibility index (Phi) is 9.47. The molecule has 0 amide bonds. The molecule has 13 aromatic rings. The molecule has 0 radical (unpaired) electrons. The van der Waals surface area contributed by atoms with E-state index in [9.17, 15) is 0 Å². The molecule has 2 aromatic heterocycles. The van der Waals surface area contributed by atoms with Crippen molar-refractivity contribution in [2.45, 2.75) is 0 Å². The molecule has 4 nitrogen and oxygen atoms in total. The van der Waals surface area contributed by atoms with Crippen LogP contribution in [-0.2, 0) is 0 Å². The third-order valence-electron chi connectivity index (χ3n) is 13.5. The van der Waals surface area contributed by atoms with Crippen LogP contribution in [0.3, 0.4) is 0 Å². The molecule has 0 aliphatic heterocycles. The number of nitrogens with zero attached hydrogens (tertiary/aromatic N) is 4. The summed E-state index contributed by atoms with van der Waals surface area (Å²) in [5.74, 6) is 0. The van der Waals surface area contributed by atoms with Gasteiger partial charge in [0.1, 0.15) is 0 Å². The summed E-state index contributed by atoms with van der Waals surface area (Å²) in [7, 11) is 0. The summed E-state index contributed by atoms with van der Waals surface area (Å²) in [6.07, 6.45) is 0. The van der Waals surface area contributed by atoms with Gasteiger partial charge in [0.2, 0.25) is 0 Å². The first-order valence-electron chi connectivity index (χ1n) is 23.3. The van der Waals surface area contributed by atoms with Gasteiger partial charge in [-0.3, -0.25) is 0 Å². The Morgan fingerprint density at radius 3 is 1.15 bits per heavy atom. The molecule has 0 atom stereocenters. The zero-order valence-corrected chi connectivity index (χ0v) is 37.2. The number of para-hydroxylation sites is 6. The number of aromatic nitrogens is 2. The molecule has 0 saturated carbocycles. The van der Waals surface area contributed by atoms with Gasteiger partial charge in [-0.1, -0.05) is 152 Å². The van der Waals surface area contributed by atoms with Gasteiger partial charge < -0.3 is 18.9 Å². The summed E-state index contributed by atoms with van der Waals surface area (Å²) in [5, 5.41) is 7.27. The molecule has 68 heavy (non-hydrogen) atoms. The van der Waals surface area contributed by atoms with Crippen molar-refractivity contribution >= 4 is 88.5 Å². The molecule has 2 heterocycles. The minimum Gasteiger partial charge on any atom is -0.310 e. The highest BCUT2D eigenvalue weighted by Crippen LogP contribution is 2.45. The van der Waals surface area contributed by atoms with E-state index in [1.54, 1.807) is 0 Å². The van der Waals surface area contributed by atoms with Gasteiger partial charge in [0.05, 0.1) is 27.8 Å². The van der Waals surface area contributed by atoms with Crippen molar-refractivity contribution in [3.63, 3.8) is 0 Å². The Bertz CT molecular complexity index is 3950. The maximum atomic E-state index is 2.41. The highest BCUT2D eigenvalue weighted by Gasteiger charge is 2.21. The number of hydrogen-bond donors (Lipinski definition) is 0. The Labute approximate surface area is 395 Å². The zero-order valence-electron chi connectivity index (χ0n) is 37.2. The fourth-order valence-corrected chi connectivity index (χ4v) is 10.5. The van der Waals surface area contributed by atoms with E-state index >= 15 is 0 Å². The van der Waals surface area contributed by atoms with Gasteiger partial charge >= 0.3 is 0 Å². The van der Waals surface area contributed by atoms with Gasteiger partial charge in [0, 0.05) is 66.7 Å². The van der Waals surface area contributed by atoms with Crippen LogP contribution in [-0.4, -0.2) is 9.13 Å². The van der Waals surface area contributed by atoms with Crippen molar-refractivity contribution in [1.29, 1.82) is 0 Å². The topological polar surface area (TPSA) is 16.3 Å². The summed E-state index contributed by atoms with van der Waals surface area (Å²) >= 11 is 0. The van der Waals surface area contributed by atoms with E-state index < -0.39 is 0 Å². The molecule has 11 aromatic carbocycles. The van der Waals surface area contributed by atoms with Gasteiger partial charge in [0.15, 0.2) is 0 Å². The largest absolute Gasteiger partial charge is 0.310 e. The normalized spacial score (nSPS) is 11.5. The second kappa shape index (κ2) is 16.4. The molecule has 13 rings (SSSR count). The molecule has 0 unspecified atom stereocenters. The first-order chi connectivity index (χ1) is 33.8. The molecule has 0 N–H and O–H groups in total. The lowest BCUT2D eigenvalue weighted by atomic mass is 9.96. The molecule has 0 aliphatic carbocycles. The molecular weight excluding hydrogens is 825 g/mol. The second-order valence-electron chi connectivity index (χ2n) is 17.3. The van der Waals surface area contributed by atoms with Crippen LogP contribution in [0.1, 0.15) is 0 Å². The van der Waals surface area contributed by atoms with Crippen LogP contribution >= 0.6 is 0 Å². The van der Waals surface area contributed by atoms with Crippen LogP contribution in [0.5, 0.6) is 0 Å². The van der Waals surface area contributed by atoms with Crippen molar-refractivity contribution in [1.82, 2.24) is 9.13 Å². The Morgan fingerprint density at radius 2 is 0.618 bits per heavy atom. The van der Waals surface area contributed by atoms with Crippen LogP contribution in [0.2, 0.25) is 0 Å². The number of hydrogen-bond acceptors (Lipinski definition) is 2. The molecule has 320 valence electrons. The lowest BCUT2D eigenvalue weighted by molar-refractivity contribution is 1.18. The van der Waals surface area contributed by atoms with E-state index in [2.05, 4.69) is 286 Å². The smallest absolute Gasteiger partial charge is 0.0542 e. The predicted molar refractivity (Wildman–Crippen MR) is 287 cm³/mol. The molecule has 0 spiro atoms. The molecular formula is C64H44N4. The number of fused-ring (bicyclic) bond motifs is 7. The quantitative estimate of drug-likeness (QED) is 0.144. The summed E-state index contributed by atoms with van der Waals surface area (Å²) in [5.41, 5.74) is 16.0. The van der Waals surface area contributed by atoms with Gasteiger partial charge in [-0.25, -0.2) is 0 Å². The average Bonchev–Trinajstić information content (AvgIpc) is 3.92. The fourth-order valence-electron chi connectivity index (χ4n) is 10.5. The van der Waals surface area contributed by atoms with Crippen LogP contribution in [0.4, 0.5) is 34.1 Å². The van der Waals surface area contributed by atoms with E-state index in [1.165, 1.54) is 59.9 Å². The molecule has 0 bridgehead atoms. The average molecular weight is 869 g/mol. The van der Waals surface area contributed by atoms with Crippen molar-refractivity contribution in [3.8, 4) is 22.5 Å². The summed E-state index contributed by atoms with van der Waals surface area (Å²) in [6.45, 7) is 0. The van der Waals surface area contributed by atoms with Crippen LogP contribution in [0.25, 0.3) is 76.9 Å². The Hall–Kier alpha value is -9.12. The molecule has 0 saturated heterocycles. The first kappa shape index (κ1) is 39.3. The van der Waals surface area contributed by atoms with Crippen molar-refractivity contribution in [2.24, 2.45) is 0 Å². The van der Waals surface area contributed by atoms with Crippen LogP contribution in [0.15, 0.2) is 267 Å². The van der Waals surface area contributed by atoms with Crippen LogP contribution < -0.4 is 9.80 Å². The highest BCUT2D eigenvalue weighted by molar-refractivity contribution is 6.13. The van der Waals surface area contributed by atoms with Gasteiger partial charge in [0.25, 0.3) is 0 Å². The van der Waals surface area contributed by atoms with Crippen LogP contribution in [0, 0.1) is 0 Å². The van der Waals surface area contributed by atoms with Gasteiger partial charge in [-0.15, -0.1) is 0 Å². The zero-order chi connectivity index (χ0) is 45.0. The number of benzene rings is 11. The minimum absolute atomic E-state index is 1.09. The van der Waals surface area contributed by atoms with Crippen molar-refractivity contribution in [2.75, 3.05) is 9.80 Å². The Balaban J connectivity index is 0.916. The molecule has 0 fully saturated rings. The lowest BCUT2D eigenvalue weighted by Gasteiger charge is -2.28. The van der Waals surface area contributed by atoms with E-state index in [0.29, 0.717) is 0 Å². The summed E-state index contributed by atoms with van der Waals surface area (Å²) in [4.78, 5) is 4.78. The van der Waals surface area contributed by atoms with Crippen molar-refractivity contribution < 1.29 is 0 Å². The maximum absolute atomic E-state index is 2.41. The number of rotatable bonds is 9. The third-order valence-corrected chi connectivity index (χ3v) is 13.5. The lowest BCUT2D eigenvalue weighted by Crippen LogP contribution is -2.10. The first-order valence-corrected chi connectivity index (χ1v) is 23.3. The maximum Gasteiger partial charge on any atom is 0.0542 e. The highest BCUT2D eigenvalue weighted by atomic mass is 15.2. The van der Waals surface area contributed by atoms with Gasteiger partial charge in [-0.2, -0.15) is 0 Å². The molecule has 4 heteroatoms. The SMILES string of the molecule is c1ccc(N(c2ccc(-c3ccc(N(c4ccccc4)c4ccc5c(c4)c4ccccc4n5-c4ccccc4)c4ccccc34)cc2)c2ccc3c(c2)c2ccccc2n3-c2ccccc2)cc1. The second-order valence-corrected chi connectivity index (χ2v) is 17.3.